The summed E-state index contributed by atoms with van der Waals surface area (Å²) < 4.78 is 44.4. The first kappa shape index (κ1) is 20.2. The second-order valence-corrected chi connectivity index (χ2v) is 7.41. The second kappa shape index (κ2) is 8.20. The van der Waals surface area contributed by atoms with Crippen LogP contribution in [-0.4, -0.2) is 16.8 Å². The molecule has 0 aromatic heterocycles. The first-order chi connectivity index (χ1) is 13.3. The number of halogens is 3. The second-order valence-electron chi connectivity index (χ2n) is 5.73. The highest BCUT2D eigenvalue weighted by atomic mass is 32.2. The molecule has 1 amide bonds. The minimum Gasteiger partial charge on any atom is -0.490 e. The van der Waals surface area contributed by atoms with Crippen molar-refractivity contribution in [2.45, 2.75) is 6.18 Å². The van der Waals surface area contributed by atoms with Gasteiger partial charge in [0.1, 0.15) is 12.4 Å². The minimum atomic E-state index is -4.50. The Morgan fingerprint density at radius 2 is 1.89 bits per heavy atom. The van der Waals surface area contributed by atoms with Crippen molar-refractivity contribution in [2.75, 3.05) is 11.5 Å². The van der Waals surface area contributed by atoms with Gasteiger partial charge in [0.05, 0.1) is 16.2 Å². The lowest BCUT2D eigenvalue weighted by molar-refractivity contribution is -0.137. The molecule has 2 aromatic rings. The van der Waals surface area contributed by atoms with Crippen molar-refractivity contribution in [3.05, 3.63) is 77.2 Å². The van der Waals surface area contributed by atoms with Crippen LogP contribution >= 0.6 is 24.0 Å². The third kappa shape index (κ3) is 4.45. The Hall–Kier alpha value is -2.58. The van der Waals surface area contributed by atoms with E-state index >= 15 is 0 Å². The molecule has 0 spiro atoms. The van der Waals surface area contributed by atoms with Gasteiger partial charge >= 0.3 is 6.18 Å². The van der Waals surface area contributed by atoms with Crippen molar-refractivity contribution in [2.24, 2.45) is 0 Å². The number of thioether (sulfide) groups is 1. The van der Waals surface area contributed by atoms with Crippen LogP contribution in [-0.2, 0) is 11.0 Å². The first-order valence-corrected chi connectivity index (χ1v) is 9.31. The number of alkyl halides is 3. The smallest absolute Gasteiger partial charge is 0.416 e. The van der Waals surface area contributed by atoms with E-state index in [2.05, 4.69) is 6.58 Å². The lowest BCUT2D eigenvalue weighted by Gasteiger charge is -2.16. The normalized spacial score (nSPS) is 16.0. The van der Waals surface area contributed by atoms with E-state index in [1.807, 2.05) is 0 Å². The van der Waals surface area contributed by atoms with Gasteiger partial charge in [0, 0.05) is 0 Å². The highest BCUT2D eigenvalue weighted by Crippen LogP contribution is 2.38. The fraction of sp³-hybridized carbons (Fsp3) is 0.100. The molecule has 3 rings (SSSR count). The van der Waals surface area contributed by atoms with Gasteiger partial charge in [0.15, 0.2) is 4.32 Å². The van der Waals surface area contributed by atoms with Crippen LogP contribution in [0.1, 0.15) is 11.1 Å². The number of rotatable bonds is 5. The topological polar surface area (TPSA) is 29.5 Å². The number of carbonyl (C=O) groups excluding carboxylic acids is 1. The average Bonchev–Trinajstić information content (AvgIpc) is 2.94. The number of benzene rings is 2. The van der Waals surface area contributed by atoms with Crippen LogP contribution in [0.5, 0.6) is 5.75 Å². The molecule has 0 N–H and O–H groups in total. The molecular formula is C20H14F3NO2S2. The summed E-state index contributed by atoms with van der Waals surface area (Å²) in [5.74, 6) is 0.204. The highest BCUT2D eigenvalue weighted by molar-refractivity contribution is 8.27. The Morgan fingerprint density at radius 1 is 1.18 bits per heavy atom. The van der Waals surface area contributed by atoms with Gasteiger partial charge < -0.3 is 4.74 Å². The Labute approximate surface area is 169 Å². The molecule has 1 heterocycles. The van der Waals surface area contributed by atoms with E-state index in [-0.39, 0.29) is 10.0 Å². The molecular weight excluding hydrogens is 407 g/mol. The van der Waals surface area contributed by atoms with Crippen LogP contribution in [0.25, 0.3) is 6.08 Å². The van der Waals surface area contributed by atoms with Gasteiger partial charge in [-0.05, 0) is 42.0 Å². The van der Waals surface area contributed by atoms with E-state index in [1.54, 1.807) is 36.4 Å². The largest absolute Gasteiger partial charge is 0.490 e. The van der Waals surface area contributed by atoms with Crippen molar-refractivity contribution in [1.29, 1.82) is 0 Å². The molecule has 1 aliphatic rings. The molecule has 0 unspecified atom stereocenters. The first-order valence-electron chi connectivity index (χ1n) is 8.08. The molecule has 0 aliphatic carbocycles. The van der Waals surface area contributed by atoms with Crippen molar-refractivity contribution in [3.63, 3.8) is 0 Å². The maximum absolute atomic E-state index is 13.0. The van der Waals surface area contributed by atoms with Gasteiger partial charge in [-0.25, -0.2) is 0 Å². The zero-order valence-electron chi connectivity index (χ0n) is 14.4. The number of carbonyl (C=O) groups is 1. The Morgan fingerprint density at radius 3 is 2.54 bits per heavy atom. The summed E-state index contributed by atoms with van der Waals surface area (Å²) in [6.07, 6.45) is -1.22. The number of ether oxygens (including phenoxy) is 1. The Bertz CT molecular complexity index is 953. The lowest BCUT2D eigenvalue weighted by Crippen LogP contribution is -2.27. The van der Waals surface area contributed by atoms with Gasteiger partial charge in [-0.1, -0.05) is 54.8 Å². The fourth-order valence-corrected chi connectivity index (χ4v) is 3.78. The molecule has 2 aromatic carbocycles. The van der Waals surface area contributed by atoms with Gasteiger partial charge in [-0.3, -0.25) is 9.69 Å². The molecule has 8 heteroatoms. The van der Waals surface area contributed by atoms with Crippen molar-refractivity contribution in [3.8, 4) is 5.75 Å². The third-order valence-electron chi connectivity index (χ3n) is 3.77. The van der Waals surface area contributed by atoms with Crippen LogP contribution in [0.2, 0.25) is 0 Å². The molecule has 1 fully saturated rings. The summed E-state index contributed by atoms with van der Waals surface area (Å²) in [5, 5.41) is 0. The molecule has 3 nitrogen and oxygen atoms in total. The minimum absolute atomic E-state index is 0.0916. The summed E-state index contributed by atoms with van der Waals surface area (Å²) >= 11 is 6.26. The SMILES string of the molecule is C=CCOc1ccc(/C=C2\SC(=S)N(c3cccc(C(F)(F)F)c3)C2=O)cc1. The van der Waals surface area contributed by atoms with Crippen LogP contribution in [0, 0.1) is 0 Å². The van der Waals surface area contributed by atoms with Gasteiger partial charge in [-0.15, -0.1) is 0 Å². The zero-order chi connectivity index (χ0) is 20.3. The molecule has 0 radical (unpaired) electrons. The fourth-order valence-electron chi connectivity index (χ4n) is 2.48. The number of nitrogens with zero attached hydrogens (tertiary/aromatic N) is 1. The molecule has 1 aliphatic heterocycles. The predicted octanol–water partition coefficient (Wildman–Crippen LogP) is 5.68. The number of thiocarbonyl (C=S) groups is 1. The molecule has 0 bridgehead atoms. The summed E-state index contributed by atoms with van der Waals surface area (Å²) in [6.45, 7) is 3.96. The molecule has 0 atom stereocenters. The van der Waals surface area contributed by atoms with E-state index in [0.29, 0.717) is 17.3 Å². The summed E-state index contributed by atoms with van der Waals surface area (Å²) in [6, 6.07) is 11.6. The number of hydrogen-bond acceptors (Lipinski definition) is 4. The highest BCUT2D eigenvalue weighted by Gasteiger charge is 2.36. The molecule has 0 saturated carbocycles. The lowest BCUT2D eigenvalue weighted by atomic mass is 10.1. The van der Waals surface area contributed by atoms with E-state index in [0.717, 1.165) is 34.4 Å². The molecule has 1 saturated heterocycles. The maximum atomic E-state index is 13.0. The number of hydrogen-bond donors (Lipinski definition) is 0. The van der Waals surface area contributed by atoms with Crippen molar-refractivity contribution < 1.29 is 22.7 Å². The van der Waals surface area contributed by atoms with E-state index in [9.17, 15) is 18.0 Å². The summed E-state index contributed by atoms with van der Waals surface area (Å²) in [4.78, 5) is 14.2. The maximum Gasteiger partial charge on any atom is 0.416 e. The monoisotopic (exact) mass is 421 g/mol. The van der Waals surface area contributed by atoms with Crippen molar-refractivity contribution >= 4 is 46.0 Å². The molecule has 28 heavy (non-hydrogen) atoms. The Kier molecular flexibility index (Phi) is 5.90. The van der Waals surface area contributed by atoms with Crippen LogP contribution in [0.4, 0.5) is 18.9 Å². The number of anilines is 1. The predicted molar refractivity (Wildman–Crippen MR) is 109 cm³/mol. The van der Waals surface area contributed by atoms with Gasteiger partial charge in [-0.2, -0.15) is 13.2 Å². The quantitative estimate of drug-likeness (QED) is 0.353. The summed E-state index contributed by atoms with van der Waals surface area (Å²) in [5.41, 5.74) is 0.00235. The van der Waals surface area contributed by atoms with E-state index < -0.39 is 17.6 Å². The zero-order valence-corrected chi connectivity index (χ0v) is 16.0. The average molecular weight is 421 g/mol. The third-order valence-corrected chi connectivity index (χ3v) is 5.07. The van der Waals surface area contributed by atoms with Crippen molar-refractivity contribution in [1.82, 2.24) is 0 Å². The molecule has 144 valence electrons. The van der Waals surface area contributed by atoms with Gasteiger partial charge in [0.25, 0.3) is 5.91 Å². The van der Waals surface area contributed by atoms with E-state index in [1.165, 1.54) is 12.1 Å². The van der Waals surface area contributed by atoms with E-state index in [4.69, 9.17) is 17.0 Å². The van der Waals surface area contributed by atoms with Crippen LogP contribution in [0.3, 0.4) is 0 Å². The Balaban J connectivity index is 1.84. The van der Waals surface area contributed by atoms with Crippen LogP contribution in [0.15, 0.2) is 66.1 Å². The van der Waals surface area contributed by atoms with Crippen LogP contribution < -0.4 is 9.64 Å². The standard InChI is InChI=1S/C20H14F3NO2S2/c1-2-10-26-16-8-6-13(7-9-16)11-17-18(25)24(19(27)28-17)15-5-3-4-14(12-15)20(21,22)23/h2-9,11-12H,1,10H2/b17-11-. The summed E-state index contributed by atoms with van der Waals surface area (Å²) in [7, 11) is 0. The van der Waals surface area contributed by atoms with Gasteiger partial charge in [0.2, 0.25) is 0 Å². The number of amides is 1.